The van der Waals surface area contributed by atoms with Crippen LogP contribution in [0.2, 0.25) is 0 Å². The quantitative estimate of drug-likeness (QED) is 0.358. The average molecular weight is 483 g/mol. The first-order chi connectivity index (χ1) is 17.6. The van der Waals surface area contributed by atoms with E-state index in [1.54, 1.807) is 19.1 Å². The van der Waals surface area contributed by atoms with Crippen LogP contribution in [0.15, 0.2) is 97.1 Å². The molecule has 1 atom stereocenters. The molecule has 0 heterocycles. The third-order valence-corrected chi connectivity index (χ3v) is 6.11. The van der Waals surface area contributed by atoms with Crippen LogP contribution in [0.5, 0.6) is 11.5 Å². The molecule has 0 saturated carbocycles. The van der Waals surface area contributed by atoms with Gasteiger partial charge in [-0.3, -0.25) is 9.59 Å². The first kappa shape index (κ1) is 24.8. The van der Waals surface area contributed by atoms with E-state index in [0.29, 0.717) is 17.9 Å². The number of amides is 2. The Bertz CT molecular complexity index is 1320. The molecule has 0 radical (unpaired) electrons. The number of benzene rings is 4. The number of rotatable bonds is 10. The highest BCUT2D eigenvalue weighted by Gasteiger charge is 2.30. The Morgan fingerprint density at radius 2 is 1.56 bits per heavy atom. The van der Waals surface area contributed by atoms with Crippen molar-refractivity contribution < 1.29 is 19.1 Å². The summed E-state index contributed by atoms with van der Waals surface area (Å²) in [6.45, 7) is 0.0418. The average Bonchev–Trinajstić information content (AvgIpc) is 2.93. The number of hydrogen-bond acceptors (Lipinski definition) is 4. The maximum absolute atomic E-state index is 13.7. The summed E-state index contributed by atoms with van der Waals surface area (Å²) in [4.78, 5) is 28.3. The van der Waals surface area contributed by atoms with E-state index in [-0.39, 0.29) is 25.0 Å². The summed E-state index contributed by atoms with van der Waals surface area (Å²) < 4.78 is 11.4. The van der Waals surface area contributed by atoms with E-state index in [4.69, 9.17) is 9.47 Å². The zero-order valence-corrected chi connectivity index (χ0v) is 20.5. The van der Waals surface area contributed by atoms with Crippen LogP contribution in [0.1, 0.15) is 11.1 Å². The van der Waals surface area contributed by atoms with Gasteiger partial charge in [-0.25, -0.2) is 0 Å². The van der Waals surface area contributed by atoms with Crippen molar-refractivity contribution >= 4 is 22.6 Å². The van der Waals surface area contributed by atoms with Gasteiger partial charge < -0.3 is 19.7 Å². The molecular formula is C30H30N2O4. The van der Waals surface area contributed by atoms with Crippen LogP contribution in [0.25, 0.3) is 10.8 Å². The lowest BCUT2D eigenvalue weighted by atomic mass is 10.0. The Balaban J connectivity index is 1.63. The molecule has 36 heavy (non-hydrogen) atoms. The third kappa shape index (κ3) is 6.02. The number of nitrogens with one attached hydrogen (secondary N) is 1. The van der Waals surface area contributed by atoms with Gasteiger partial charge in [0.05, 0.1) is 7.11 Å². The van der Waals surface area contributed by atoms with E-state index in [9.17, 15) is 9.59 Å². The lowest BCUT2D eigenvalue weighted by molar-refractivity contribution is -0.142. The number of methoxy groups -OCH3 is 1. The zero-order valence-electron chi connectivity index (χ0n) is 20.5. The normalized spacial score (nSPS) is 11.5. The Morgan fingerprint density at radius 3 is 2.33 bits per heavy atom. The lowest BCUT2D eigenvalue weighted by Gasteiger charge is -2.31. The number of carbonyl (C=O) groups is 2. The van der Waals surface area contributed by atoms with Gasteiger partial charge in [-0.2, -0.15) is 0 Å². The molecule has 1 N–H and O–H groups in total. The highest BCUT2D eigenvalue weighted by atomic mass is 16.5. The first-order valence-corrected chi connectivity index (χ1v) is 11.9. The second-order valence-corrected chi connectivity index (χ2v) is 8.46. The maximum atomic E-state index is 13.7. The molecule has 0 aliphatic rings. The predicted molar refractivity (Wildman–Crippen MR) is 141 cm³/mol. The molecule has 4 aromatic rings. The van der Waals surface area contributed by atoms with Crippen molar-refractivity contribution in [3.8, 4) is 11.5 Å². The number of ether oxygens (including phenoxy) is 2. The van der Waals surface area contributed by atoms with Gasteiger partial charge in [-0.05, 0) is 34.7 Å². The molecule has 0 aromatic heterocycles. The van der Waals surface area contributed by atoms with Crippen molar-refractivity contribution in [3.63, 3.8) is 0 Å². The van der Waals surface area contributed by atoms with Crippen LogP contribution in [0, 0.1) is 0 Å². The summed E-state index contributed by atoms with van der Waals surface area (Å²) in [6.07, 6.45) is 0.379. The highest BCUT2D eigenvalue weighted by Crippen LogP contribution is 2.25. The molecule has 0 bridgehead atoms. The highest BCUT2D eigenvalue weighted by molar-refractivity contribution is 5.90. The Labute approximate surface area is 211 Å². The van der Waals surface area contributed by atoms with Gasteiger partial charge in [0.1, 0.15) is 17.5 Å². The van der Waals surface area contributed by atoms with Crippen LogP contribution in [-0.2, 0) is 22.6 Å². The molecule has 6 nitrogen and oxygen atoms in total. The molecule has 2 amide bonds. The molecule has 0 unspecified atom stereocenters. The van der Waals surface area contributed by atoms with Crippen LogP contribution < -0.4 is 14.8 Å². The summed E-state index contributed by atoms with van der Waals surface area (Å²) in [5, 5.41) is 4.69. The molecule has 0 aliphatic carbocycles. The Morgan fingerprint density at radius 1 is 0.861 bits per heavy atom. The third-order valence-electron chi connectivity index (χ3n) is 6.11. The summed E-state index contributed by atoms with van der Waals surface area (Å²) >= 11 is 0. The standard InChI is InChI=1S/C30H30N2O4/c1-31-30(34)27(19-22-10-4-3-5-11-22)32(20-23-12-8-15-25(18-23)35-2)29(33)21-36-28-17-9-14-24-13-6-7-16-26(24)28/h3-18,27H,19-21H2,1-2H3,(H,31,34)/t27-/m1/s1. The first-order valence-electron chi connectivity index (χ1n) is 11.9. The molecule has 0 fully saturated rings. The van der Waals surface area contributed by atoms with Crippen molar-refractivity contribution in [1.29, 1.82) is 0 Å². The minimum Gasteiger partial charge on any atom is -0.497 e. The minimum atomic E-state index is -0.716. The Hall–Kier alpha value is -4.32. The zero-order chi connectivity index (χ0) is 25.3. The van der Waals surface area contributed by atoms with Crippen LogP contribution in [0.4, 0.5) is 0 Å². The van der Waals surface area contributed by atoms with Gasteiger partial charge in [0.2, 0.25) is 5.91 Å². The maximum Gasteiger partial charge on any atom is 0.261 e. The second kappa shape index (κ2) is 11.9. The van der Waals surface area contributed by atoms with Gasteiger partial charge in [0, 0.05) is 25.4 Å². The molecule has 6 heteroatoms. The van der Waals surface area contributed by atoms with Crippen molar-refractivity contribution in [2.24, 2.45) is 0 Å². The number of hydrogen-bond donors (Lipinski definition) is 1. The van der Waals surface area contributed by atoms with E-state index in [1.807, 2.05) is 97.1 Å². The van der Waals surface area contributed by atoms with Gasteiger partial charge in [0.15, 0.2) is 6.61 Å². The van der Waals surface area contributed by atoms with Gasteiger partial charge in [-0.1, -0.05) is 78.9 Å². The SMILES string of the molecule is CNC(=O)[C@@H](Cc1ccccc1)N(Cc1cccc(OC)c1)C(=O)COc1cccc2ccccc12. The van der Waals surface area contributed by atoms with E-state index < -0.39 is 6.04 Å². The molecule has 0 spiro atoms. The minimum absolute atomic E-state index is 0.194. The van der Waals surface area contributed by atoms with Crippen molar-refractivity contribution in [2.75, 3.05) is 20.8 Å². The summed E-state index contributed by atoms with van der Waals surface area (Å²) in [6, 6.07) is 30.1. The monoisotopic (exact) mass is 482 g/mol. The van der Waals surface area contributed by atoms with Gasteiger partial charge >= 0.3 is 0 Å². The predicted octanol–water partition coefficient (Wildman–Crippen LogP) is 4.61. The summed E-state index contributed by atoms with van der Waals surface area (Å²) in [5.74, 6) is 0.796. The van der Waals surface area contributed by atoms with E-state index >= 15 is 0 Å². The molecule has 4 rings (SSSR count). The topological polar surface area (TPSA) is 67.9 Å². The van der Waals surface area contributed by atoms with Crippen molar-refractivity contribution in [1.82, 2.24) is 10.2 Å². The fraction of sp³-hybridized carbons (Fsp3) is 0.200. The summed E-state index contributed by atoms with van der Waals surface area (Å²) in [7, 11) is 3.18. The van der Waals surface area contributed by atoms with Crippen LogP contribution in [0.3, 0.4) is 0 Å². The van der Waals surface area contributed by atoms with Gasteiger partial charge in [0.25, 0.3) is 5.91 Å². The van der Waals surface area contributed by atoms with Crippen molar-refractivity contribution in [3.05, 3.63) is 108 Å². The van der Waals surface area contributed by atoms with Crippen LogP contribution in [-0.4, -0.2) is 43.5 Å². The molecular weight excluding hydrogens is 452 g/mol. The molecule has 0 saturated heterocycles. The number of fused-ring (bicyclic) bond motifs is 1. The van der Waals surface area contributed by atoms with Crippen molar-refractivity contribution in [2.45, 2.75) is 19.0 Å². The number of nitrogens with zero attached hydrogens (tertiary/aromatic N) is 1. The Kier molecular flexibility index (Phi) is 8.19. The van der Waals surface area contributed by atoms with Crippen LogP contribution >= 0.6 is 0 Å². The molecule has 4 aromatic carbocycles. The lowest BCUT2D eigenvalue weighted by Crippen LogP contribution is -2.51. The van der Waals surface area contributed by atoms with Gasteiger partial charge in [-0.15, -0.1) is 0 Å². The smallest absolute Gasteiger partial charge is 0.261 e. The van der Waals surface area contributed by atoms with E-state index in [2.05, 4.69) is 5.32 Å². The molecule has 184 valence electrons. The fourth-order valence-corrected chi connectivity index (χ4v) is 4.23. The fourth-order valence-electron chi connectivity index (χ4n) is 4.23. The molecule has 0 aliphatic heterocycles. The summed E-state index contributed by atoms with van der Waals surface area (Å²) in [5.41, 5.74) is 1.82. The number of carbonyl (C=O) groups excluding carboxylic acids is 2. The second-order valence-electron chi connectivity index (χ2n) is 8.46. The largest absolute Gasteiger partial charge is 0.497 e. The van der Waals surface area contributed by atoms with E-state index in [0.717, 1.165) is 21.9 Å². The number of likely N-dealkylation sites (N-methyl/N-ethyl adjacent to an activating group) is 1. The van der Waals surface area contributed by atoms with E-state index in [1.165, 1.54) is 0 Å².